The molecule has 3 saturated carbocycles. The summed E-state index contributed by atoms with van der Waals surface area (Å²) in [5.74, 6) is -6.63. The van der Waals surface area contributed by atoms with Crippen molar-refractivity contribution in [2.24, 2.45) is 5.41 Å². The van der Waals surface area contributed by atoms with Crippen LogP contribution in [-0.4, -0.2) is 49.7 Å². The van der Waals surface area contributed by atoms with Crippen molar-refractivity contribution in [3.05, 3.63) is 59.2 Å². The first-order valence-electron chi connectivity index (χ1n) is 13.0. The molecule has 2 heterocycles. The second kappa shape index (κ2) is 9.10. The van der Waals surface area contributed by atoms with E-state index in [1.165, 1.54) is 31.4 Å². The Hall–Kier alpha value is -3.83. The molecule has 1 unspecified atom stereocenters. The fourth-order valence-electron chi connectivity index (χ4n) is 6.54. The first-order valence-corrected chi connectivity index (χ1v) is 13.0. The topological polar surface area (TPSA) is 97.0 Å². The average molecular weight is 562 g/mol. The Kier molecular flexibility index (Phi) is 6.01. The minimum atomic E-state index is -3.04. The highest BCUT2D eigenvalue weighted by Gasteiger charge is 2.78. The van der Waals surface area contributed by atoms with Crippen LogP contribution in [0.5, 0.6) is 5.75 Å². The van der Waals surface area contributed by atoms with Crippen LogP contribution in [0.2, 0.25) is 0 Å². The number of ether oxygens (including phenoxy) is 2. The van der Waals surface area contributed by atoms with Gasteiger partial charge in [0.05, 0.1) is 26.1 Å². The standard InChI is InChI=1S/C28H27F4N3O5/c1-39-17-4-2-15(3-5-17)28(31,32)26-12-27(13-26,14-26)34-25(38)40-18-10-35(11-18)16-8-20(29)23(21(30)9-16)19-6-7-22(36)33-24(19)37/h2-5,8-9,18-19H,6-7,10-14H2,1H3,(H,34,38)(H,33,36,37). The van der Waals surface area contributed by atoms with Crippen LogP contribution in [0.4, 0.5) is 28.0 Å². The number of nitrogens with zero attached hydrogens (tertiary/aromatic N) is 1. The Morgan fingerprint density at radius 1 is 1.07 bits per heavy atom. The van der Waals surface area contributed by atoms with Crippen LogP contribution >= 0.6 is 0 Å². The average Bonchev–Trinajstić information content (AvgIpc) is 2.83. The minimum Gasteiger partial charge on any atom is -0.497 e. The molecule has 2 aromatic rings. The maximum atomic E-state index is 15.2. The third-order valence-electron chi connectivity index (χ3n) is 8.65. The van der Waals surface area contributed by atoms with Gasteiger partial charge in [-0.25, -0.2) is 22.4 Å². The normalized spacial score (nSPS) is 27.6. The van der Waals surface area contributed by atoms with Crippen molar-refractivity contribution in [1.82, 2.24) is 10.6 Å². The zero-order chi connectivity index (χ0) is 28.4. The van der Waals surface area contributed by atoms with Crippen molar-refractivity contribution in [2.75, 3.05) is 25.1 Å². The number of methoxy groups -OCH3 is 1. The summed E-state index contributed by atoms with van der Waals surface area (Å²) in [5.41, 5.74) is -2.15. The first kappa shape index (κ1) is 26.4. The Bertz CT molecular complexity index is 1350. The van der Waals surface area contributed by atoms with Gasteiger partial charge >= 0.3 is 6.09 Å². The van der Waals surface area contributed by atoms with E-state index >= 15 is 8.78 Å². The van der Waals surface area contributed by atoms with Gasteiger partial charge in [-0.1, -0.05) is 0 Å². The van der Waals surface area contributed by atoms with Crippen molar-refractivity contribution in [1.29, 1.82) is 0 Å². The number of piperidine rings is 1. The molecule has 7 rings (SSSR count). The van der Waals surface area contributed by atoms with E-state index in [-0.39, 0.29) is 62.0 Å². The molecule has 12 heteroatoms. The summed E-state index contributed by atoms with van der Waals surface area (Å²) in [6.07, 6.45) is -0.805. The highest BCUT2D eigenvalue weighted by Crippen LogP contribution is 2.75. The number of alkyl halides is 2. The minimum absolute atomic E-state index is 0.00237. The largest absolute Gasteiger partial charge is 0.497 e. The lowest BCUT2D eigenvalue weighted by atomic mass is 9.36. The predicted octanol–water partition coefficient (Wildman–Crippen LogP) is 4.12. The van der Waals surface area contributed by atoms with Crippen LogP contribution in [-0.2, 0) is 20.2 Å². The summed E-state index contributed by atoms with van der Waals surface area (Å²) in [4.78, 5) is 37.5. The molecule has 2 aromatic carbocycles. The first-order chi connectivity index (χ1) is 18.9. The zero-order valence-corrected chi connectivity index (χ0v) is 21.6. The molecule has 0 spiro atoms. The molecule has 0 aromatic heterocycles. The summed E-state index contributed by atoms with van der Waals surface area (Å²) < 4.78 is 70.4. The molecule has 1 atom stereocenters. The van der Waals surface area contributed by atoms with Crippen LogP contribution in [0, 0.1) is 17.0 Å². The van der Waals surface area contributed by atoms with E-state index in [9.17, 15) is 23.2 Å². The van der Waals surface area contributed by atoms with Crippen molar-refractivity contribution >= 4 is 23.6 Å². The van der Waals surface area contributed by atoms with Gasteiger partial charge < -0.3 is 19.7 Å². The monoisotopic (exact) mass is 561 g/mol. The van der Waals surface area contributed by atoms with Gasteiger partial charge in [0.2, 0.25) is 11.8 Å². The van der Waals surface area contributed by atoms with Gasteiger partial charge in [0.25, 0.3) is 5.92 Å². The van der Waals surface area contributed by atoms with Crippen LogP contribution in [0.3, 0.4) is 0 Å². The Morgan fingerprint density at radius 3 is 2.27 bits per heavy atom. The molecule has 40 heavy (non-hydrogen) atoms. The van der Waals surface area contributed by atoms with Gasteiger partial charge in [-0.3, -0.25) is 14.9 Å². The molecule has 0 radical (unpaired) electrons. The van der Waals surface area contributed by atoms with Gasteiger partial charge in [0.15, 0.2) is 0 Å². The second-order valence-electron chi connectivity index (χ2n) is 11.3. The number of halogens is 4. The summed E-state index contributed by atoms with van der Waals surface area (Å²) in [5, 5.41) is 4.83. The van der Waals surface area contributed by atoms with Gasteiger partial charge in [-0.2, -0.15) is 0 Å². The Balaban J connectivity index is 0.998. The van der Waals surface area contributed by atoms with Gasteiger partial charge in [-0.05, 0) is 62.1 Å². The highest BCUT2D eigenvalue weighted by atomic mass is 19.3. The lowest BCUT2D eigenvalue weighted by Gasteiger charge is -2.72. The number of rotatable bonds is 7. The van der Waals surface area contributed by atoms with E-state index < -0.39 is 58.4 Å². The molecule has 5 aliphatic rings. The molecule has 8 nitrogen and oxygen atoms in total. The van der Waals surface area contributed by atoms with Gasteiger partial charge in [0.1, 0.15) is 23.5 Å². The number of nitrogens with one attached hydrogen (secondary N) is 2. The number of carbonyl (C=O) groups excluding carboxylic acids is 3. The van der Waals surface area contributed by atoms with E-state index in [2.05, 4.69) is 10.6 Å². The zero-order valence-electron chi connectivity index (χ0n) is 21.6. The second-order valence-corrected chi connectivity index (χ2v) is 11.3. The maximum Gasteiger partial charge on any atom is 0.407 e. The Labute approximate surface area is 227 Å². The molecular formula is C28H27F4N3O5. The third kappa shape index (κ3) is 4.15. The lowest BCUT2D eigenvalue weighted by molar-refractivity contribution is -0.289. The summed E-state index contributed by atoms with van der Waals surface area (Å²) in [6, 6.07) is 7.94. The van der Waals surface area contributed by atoms with Crippen molar-refractivity contribution < 1.29 is 41.4 Å². The van der Waals surface area contributed by atoms with E-state index in [1.54, 1.807) is 4.90 Å². The molecule has 5 fully saturated rings. The van der Waals surface area contributed by atoms with Crippen molar-refractivity contribution in [2.45, 2.75) is 55.6 Å². The van der Waals surface area contributed by atoms with E-state index in [4.69, 9.17) is 9.47 Å². The molecule has 2 N–H and O–H groups in total. The summed E-state index contributed by atoms with van der Waals surface area (Å²) in [6.45, 7) is 0.382. The van der Waals surface area contributed by atoms with Crippen LogP contribution in [0.25, 0.3) is 0 Å². The van der Waals surface area contributed by atoms with Crippen LogP contribution < -0.4 is 20.3 Å². The highest BCUT2D eigenvalue weighted by molar-refractivity contribution is 6.01. The number of carbonyl (C=O) groups is 3. The van der Waals surface area contributed by atoms with Gasteiger partial charge in [0, 0.05) is 34.2 Å². The number of alkyl carbamates (subject to hydrolysis) is 1. The number of imide groups is 1. The smallest absolute Gasteiger partial charge is 0.407 e. The number of hydrogen-bond acceptors (Lipinski definition) is 6. The summed E-state index contributed by atoms with van der Waals surface area (Å²) in [7, 11) is 1.46. The lowest BCUT2D eigenvalue weighted by Crippen LogP contribution is -2.78. The molecule has 212 valence electrons. The van der Waals surface area contributed by atoms with Crippen molar-refractivity contribution in [3.8, 4) is 5.75 Å². The van der Waals surface area contributed by atoms with Crippen LogP contribution in [0.1, 0.15) is 49.1 Å². The molecule has 3 amide bonds. The molecule has 3 aliphatic carbocycles. The molecule has 2 bridgehead atoms. The quantitative estimate of drug-likeness (QED) is 0.390. The fourth-order valence-corrected chi connectivity index (χ4v) is 6.54. The van der Waals surface area contributed by atoms with E-state index in [0.29, 0.717) is 5.75 Å². The van der Waals surface area contributed by atoms with Crippen molar-refractivity contribution in [3.63, 3.8) is 0 Å². The van der Waals surface area contributed by atoms with Crippen LogP contribution in [0.15, 0.2) is 36.4 Å². The van der Waals surface area contributed by atoms with E-state index in [1.807, 2.05) is 0 Å². The molecule has 2 aliphatic heterocycles. The Morgan fingerprint density at radius 2 is 1.70 bits per heavy atom. The molecule has 2 saturated heterocycles. The number of amides is 3. The van der Waals surface area contributed by atoms with E-state index in [0.717, 1.165) is 12.1 Å². The fraction of sp³-hybridized carbons (Fsp3) is 0.464. The maximum absolute atomic E-state index is 15.2. The SMILES string of the molecule is COc1ccc(C(F)(F)C23CC(NC(=O)OC4CN(c5cc(F)c(C6CCC(=O)NC6=O)c(F)c5)C4)(C2)C3)cc1. The number of anilines is 1. The molecular weight excluding hydrogens is 534 g/mol. The number of hydrogen-bond donors (Lipinski definition) is 2. The summed E-state index contributed by atoms with van der Waals surface area (Å²) >= 11 is 0. The van der Waals surface area contributed by atoms with Gasteiger partial charge in [-0.15, -0.1) is 0 Å². The number of benzene rings is 2. The predicted molar refractivity (Wildman–Crippen MR) is 133 cm³/mol. The third-order valence-corrected chi connectivity index (χ3v) is 8.65.